The van der Waals surface area contributed by atoms with Crippen LogP contribution in [0.4, 0.5) is 11.4 Å². The quantitative estimate of drug-likeness (QED) is 0.450. The van der Waals surface area contributed by atoms with Crippen LogP contribution < -0.4 is 15.8 Å². The highest BCUT2D eigenvalue weighted by Crippen LogP contribution is 2.23. The van der Waals surface area contributed by atoms with Crippen molar-refractivity contribution in [2.24, 2.45) is 0 Å². The van der Waals surface area contributed by atoms with Crippen molar-refractivity contribution >= 4 is 23.4 Å². The van der Waals surface area contributed by atoms with Crippen LogP contribution in [0.2, 0.25) is 0 Å². The van der Waals surface area contributed by atoms with Gasteiger partial charge in [-0.1, -0.05) is 31.5 Å². The Morgan fingerprint density at radius 2 is 2.08 bits per heavy atom. The van der Waals surface area contributed by atoms with Gasteiger partial charge in [0.1, 0.15) is 5.75 Å². The lowest BCUT2D eigenvalue weighted by atomic mass is 10.1. The number of amides is 1. The first kappa shape index (κ1) is 17.6. The third-order valence-corrected chi connectivity index (χ3v) is 3.50. The molecule has 2 aromatic carbocycles. The van der Waals surface area contributed by atoms with E-state index < -0.39 is 0 Å². The van der Waals surface area contributed by atoms with Gasteiger partial charge in [-0.15, -0.1) is 0 Å². The molecular formula is C20H24N2O2. The van der Waals surface area contributed by atoms with Gasteiger partial charge in [0, 0.05) is 11.8 Å². The molecule has 3 N–H and O–H groups in total. The van der Waals surface area contributed by atoms with Crippen molar-refractivity contribution in [3.8, 4) is 5.75 Å². The Balaban J connectivity index is 1.95. The van der Waals surface area contributed by atoms with Crippen molar-refractivity contribution < 1.29 is 9.53 Å². The third-order valence-electron chi connectivity index (χ3n) is 3.50. The number of benzene rings is 2. The molecule has 0 fully saturated rings. The average Bonchev–Trinajstić information content (AvgIpc) is 2.55. The first-order valence-corrected chi connectivity index (χ1v) is 8.16. The van der Waals surface area contributed by atoms with Crippen molar-refractivity contribution in [3.63, 3.8) is 0 Å². The molecule has 2 rings (SSSR count). The Labute approximate surface area is 143 Å². The Bertz CT molecular complexity index is 723. The molecule has 0 spiro atoms. The van der Waals surface area contributed by atoms with Gasteiger partial charge in [-0.3, -0.25) is 4.79 Å². The van der Waals surface area contributed by atoms with Gasteiger partial charge in [-0.05, 0) is 54.8 Å². The number of aryl methyl sites for hydroxylation is 1. The zero-order chi connectivity index (χ0) is 17.4. The van der Waals surface area contributed by atoms with Crippen molar-refractivity contribution in [1.82, 2.24) is 0 Å². The van der Waals surface area contributed by atoms with Crippen LogP contribution in [0.1, 0.15) is 30.9 Å². The molecule has 0 saturated heterocycles. The Morgan fingerprint density at radius 3 is 2.79 bits per heavy atom. The Kier molecular flexibility index (Phi) is 6.43. The van der Waals surface area contributed by atoms with E-state index in [1.165, 1.54) is 6.08 Å². The molecule has 126 valence electrons. The van der Waals surface area contributed by atoms with Gasteiger partial charge >= 0.3 is 0 Å². The van der Waals surface area contributed by atoms with E-state index in [-0.39, 0.29) is 5.91 Å². The van der Waals surface area contributed by atoms with Crippen LogP contribution in [0, 0.1) is 6.92 Å². The molecule has 1 amide bonds. The molecular weight excluding hydrogens is 300 g/mol. The molecule has 4 nitrogen and oxygen atoms in total. The summed E-state index contributed by atoms with van der Waals surface area (Å²) in [6, 6.07) is 13.2. The van der Waals surface area contributed by atoms with E-state index in [1.807, 2.05) is 43.3 Å². The Morgan fingerprint density at radius 1 is 1.25 bits per heavy atom. The van der Waals surface area contributed by atoms with E-state index in [9.17, 15) is 4.79 Å². The number of anilines is 2. The third kappa shape index (κ3) is 5.47. The van der Waals surface area contributed by atoms with E-state index in [0.717, 1.165) is 29.7 Å². The summed E-state index contributed by atoms with van der Waals surface area (Å²) in [5.74, 6) is 0.507. The summed E-state index contributed by atoms with van der Waals surface area (Å²) < 4.78 is 5.62. The van der Waals surface area contributed by atoms with Gasteiger partial charge in [0.2, 0.25) is 5.91 Å². The van der Waals surface area contributed by atoms with Gasteiger partial charge < -0.3 is 15.8 Å². The molecule has 0 aliphatic heterocycles. The van der Waals surface area contributed by atoms with E-state index in [1.54, 1.807) is 12.1 Å². The number of nitrogen functional groups attached to an aromatic ring is 1. The Hall–Kier alpha value is -2.75. The highest BCUT2D eigenvalue weighted by molar-refractivity contribution is 6.02. The SMILES string of the molecule is CCCCOc1ccc(/C=C\C(=O)Nc2cccc(C)c2)cc1N. The van der Waals surface area contributed by atoms with Crippen molar-refractivity contribution in [2.45, 2.75) is 26.7 Å². The standard InChI is InChI=1S/C20H24N2O2/c1-3-4-12-24-19-10-8-16(14-18(19)21)9-11-20(23)22-17-7-5-6-15(2)13-17/h5-11,13-14H,3-4,12,21H2,1-2H3,(H,22,23)/b11-9-. The highest BCUT2D eigenvalue weighted by atomic mass is 16.5. The van der Waals surface area contributed by atoms with Crippen LogP contribution in [0.5, 0.6) is 5.75 Å². The van der Waals surface area contributed by atoms with Crippen molar-refractivity contribution in [1.29, 1.82) is 0 Å². The summed E-state index contributed by atoms with van der Waals surface area (Å²) in [6.07, 6.45) is 5.31. The normalized spacial score (nSPS) is 10.8. The minimum atomic E-state index is -0.178. The van der Waals surface area contributed by atoms with E-state index in [0.29, 0.717) is 18.0 Å². The van der Waals surface area contributed by atoms with Crippen LogP contribution in [0.25, 0.3) is 6.08 Å². The maximum atomic E-state index is 12.0. The molecule has 24 heavy (non-hydrogen) atoms. The highest BCUT2D eigenvalue weighted by Gasteiger charge is 2.02. The number of nitrogens with two attached hydrogens (primary N) is 1. The zero-order valence-electron chi connectivity index (χ0n) is 14.2. The van der Waals surface area contributed by atoms with Crippen LogP contribution in [-0.4, -0.2) is 12.5 Å². The van der Waals surface area contributed by atoms with Gasteiger partial charge in [-0.25, -0.2) is 0 Å². The second-order valence-corrected chi connectivity index (χ2v) is 5.69. The summed E-state index contributed by atoms with van der Waals surface area (Å²) in [4.78, 5) is 12.0. The van der Waals surface area contributed by atoms with Gasteiger partial charge in [0.25, 0.3) is 0 Å². The number of nitrogens with one attached hydrogen (secondary N) is 1. The molecule has 0 aromatic heterocycles. The molecule has 0 radical (unpaired) electrons. The maximum absolute atomic E-state index is 12.0. The number of hydrogen-bond donors (Lipinski definition) is 2. The molecule has 2 aromatic rings. The number of hydrogen-bond acceptors (Lipinski definition) is 3. The number of rotatable bonds is 7. The lowest BCUT2D eigenvalue weighted by Crippen LogP contribution is -2.07. The van der Waals surface area contributed by atoms with Gasteiger partial charge in [-0.2, -0.15) is 0 Å². The maximum Gasteiger partial charge on any atom is 0.248 e. The monoisotopic (exact) mass is 324 g/mol. The van der Waals surface area contributed by atoms with Gasteiger partial charge in [0.15, 0.2) is 0 Å². The largest absolute Gasteiger partial charge is 0.491 e. The predicted octanol–water partition coefficient (Wildman–Crippen LogP) is 4.41. The summed E-state index contributed by atoms with van der Waals surface area (Å²) in [6.45, 7) is 4.76. The van der Waals surface area contributed by atoms with E-state index in [4.69, 9.17) is 10.5 Å². The fourth-order valence-corrected chi connectivity index (χ4v) is 2.21. The molecule has 0 saturated carbocycles. The lowest BCUT2D eigenvalue weighted by molar-refractivity contribution is -0.111. The topological polar surface area (TPSA) is 64.3 Å². The summed E-state index contributed by atoms with van der Waals surface area (Å²) in [5, 5.41) is 2.83. The summed E-state index contributed by atoms with van der Waals surface area (Å²) >= 11 is 0. The van der Waals surface area contributed by atoms with Crippen LogP contribution in [-0.2, 0) is 4.79 Å². The molecule has 0 atom stereocenters. The number of carbonyl (C=O) groups excluding carboxylic acids is 1. The number of unbranched alkanes of at least 4 members (excludes halogenated alkanes) is 1. The predicted molar refractivity (Wildman–Crippen MR) is 100 cm³/mol. The van der Waals surface area contributed by atoms with E-state index >= 15 is 0 Å². The number of ether oxygens (including phenoxy) is 1. The fourth-order valence-electron chi connectivity index (χ4n) is 2.21. The first-order valence-electron chi connectivity index (χ1n) is 8.16. The summed E-state index contributed by atoms with van der Waals surface area (Å²) in [7, 11) is 0. The summed E-state index contributed by atoms with van der Waals surface area (Å²) in [5.41, 5.74) is 9.30. The second kappa shape index (κ2) is 8.77. The molecule has 0 bridgehead atoms. The van der Waals surface area contributed by atoms with Crippen LogP contribution in [0.3, 0.4) is 0 Å². The lowest BCUT2D eigenvalue weighted by Gasteiger charge is -2.08. The minimum absolute atomic E-state index is 0.178. The first-order chi connectivity index (χ1) is 11.6. The molecule has 0 heterocycles. The number of carbonyl (C=O) groups is 1. The van der Waals surface area contributed by atoms with Crippen LogP contribution in [0.15, 0.2) is 48.5 Å². The second-order valence-electron chi connectivity index (χ2n) is 5.69. The molecule has 0 aliphatic rings. The zero-order valence-corrected chi connectivity index (χ0v) is 14.2. The van der Waals surface area contributed by atoms with Gasteiger partial charge in [0.05, 0.1) is 12.3 Å². The molecule has 0 aliphatic carbocycles. The average molecular weight is 324 g/mol. The van der Waals surface area contributed by atoms with E-state index in [2.05, 4.69) is 12.2 Å². The van der Waals surface area contributed by atoms with Crippen molar-refractivity contribution in [3.05, 3.63) is 59.7 Å². The smallest absolute Gasteiger partial charge is 0.248 e. The molecule has 0 unspecified atom stereocenters. The van der Waals surface area contributed by atoms with Crippen LogP contribution >= 0.6 is 0 Å². The minimum Gasteiger partial charge on any atom is -0.491 e. The van der Waals surface area contributed by atoms with Crippen molar-refractivity contribution in [2.75, 3.05) is 17.7 Å². The molecule has 4 heteroatoms. The fraction of sp³-hybridized carbons (Fsp3) is 0.250.